The van der Waals surface area contributed by atoms with E-state index in [1.165, 1.54) is 5.56 Å². The number of carbonyl (C=O) groups is 1. The lowest BCUT2D eigenvalue weighted by atomic mass is 10.2. The Morgan fingerprint density at radius 3 is 2.89 bits per heavy atom. The van der Waals surface area contributed by atoms with E-state index in [9.17, 15) is 4.79 Å². The van der Waals surface area contributed by atoms with Gasteiger partial charge in [-0.15, -0.1) is 0 Å². The van der Waals surface area contributed by atoms with Crippen molar-refractivity contribution in [2.45, 2.75) is 46.7 Å². The zero-order valence-electron chi connectivity index (χ0n) is 12.4. The van der Waals surface area contributed by atoms with Gasteiger partial charge in [-0.1, -0.05) is 20.8 Å². The van der Waals surface area contributed by atoms with Crippen LogP contribution in [-0.2, 0) is 17.9 Å². The molecule has 0 radical (unpaired) electrons. The number of nitrogens with zero attached hydrogens (tertiary/aromatic N) is 1. The summed E-state index contributed by atoms with van der Waals surface area (Å²) in [5, 5.41) is 6.22. The third-order valence-corrected chi connectivity index (χ3v) is 2.86. The van der Waals surface area contributed by atoms with Crippen LogP contribution >= 0.6 is 0 Å². The SMILES string of the molecule is CCCn1ccc(CNCCC(=O)NCC(C)C)c1. The molecule has 108 valence electrons. The summed E-state index contributed by atoms with van der Waals surface area (Å²) in [7, 11) is 0. The fourth-order valence-electron chi connectivity index (χ4n) is 1.83. The van der Waals surface area contributed by atoms with Crippen LogP contribution in [0.4, 0.5) is 0 Å². The van der Waals surface area contributed by atoms with Gasteiger partial charge in [0, 0.05) is 45.0 Å². The maximum atomic E-state index is 11.5. The number of hydrogen-bond acceptors (Lipinski definition) is 2. The van der Waals surface area contributed by atoms with E-state index in [1.54, 1.807) is 0 Å². The van der Waals surface area contributed by atoms with E-state index in [0.717, 1.165) is 32.6 Å². The monoisotopic (exact) mass is 265 g/mol. The highest BCUT2D eigenvalue weighted by Gasteiger charge is 2.02. The van der Waals surface area contributed by atoms with Crippen LogP contribution in [0.15, 0.2) is 18.5 Å². The molecule has 0 bridgehead atoms. The summed E-state index contributed by atoms with van der Waals surface area (Å²) in [6.45, 7) is 9.75. The van der Waals surface area contributed by atoms with Gasteiger partial charge >= 0.3 is 0 Å². The van der Waals surface area contributed by atoms with Crippen molar-refractivity contribution in [3.8, 4) is 0 Å². The molecule has 0 aliphatic rings. The predicted octanol–water partition coefficient (Wildman–Crippen LogP) is 2.15. The first-order chi connectivity index (χ1) is 9.11. The van der Waals surface area contributed by atoms with E-state index in [2.05, 4.69) is 54.4 Å². The minimum Gasteiger partial charge on any atom is -0.356 e. The van der Waals surface area contributed by atoms with Crippen molar-refractivity contribution < 1.29 is 4.79 Å². The minimum atomic E-state index is 0.129. The summed E-state index contributed by atoms with van der Waals surface area (Å²) >= 11 is 0. The molecule has 0 atom stereocenters. The number of aromatic nitrogens is 1. The third-order valence-electron chi connectivity index (χ3n) is 2.86. The van der Waals surface area contributed by atoms with Gasteiger partial charge in [-0.3, -0.25) is 4.79 Å². The van der Waals surface area contributed by atoms with Gasteiger partial charge in [-0.25, -0.2) is 0 Å². The summed E-state index contributed by atoms with van der Waals surface area (Å²) < 4.78 is 2.20. The van der Waals surface area contributed by atoms with Gasteiger partial charge in [0.2, 0.25) is 5.91 Å². The van der Waals surface area contributed by atoms with E-state index >= 15 is 0 Å². The quantitative estimate of drug-likeness (QED) is 0.672. The number of carbonyl (C=O) groups excluding carboxylic acids is 1. The van der Waals surface area contributed by atoms with Gasteiger partial charge in [0.15, 0.2) is 0 Å². The summed E-state index contributed by atoms with van der Waals surface area (Å²) in [6.07, 6.45) is 5.96. The van der Waals surface area contributed by atoms with Gasteiger partial charge in [-0.05, 0) is 24.0 Å². The molecule has 0 saturated heterocycles. The lowest BCUT2D eigenvalue weighted by Gasteiger charge is -2.08. The molecule has 4 nitrogen and oxygen atoms in total. The molecule has 0 saturated carbocycles. The van der Waals surface area contributed by atoms with Crippen molar-refractivity contribution >= 4 is 5.91 Å². The summed E-state index contributed by atoms with van der Waals surface area (Å²) in [5.74, 6) is 0.639. The molecule has 4 heteroatoms. The van der Waals surface area contributed by atoms with Crippen LogP contribution in [0.3, 0.4) is 0 Å². The van der Waals surface area contributed by atoms with Crippen molar-refractivity contribution in [1.29, 1.82) is 0 Å². The third kappa shape index (κ3) is 7.01. The van der Waals surface area contributed by atoms with Crippen LogP contribution in [0, 0.1) is 5.92 Å². The Hall–Kier alpha value is -1.29. The van der Waals surface area contributed by atoms with Crippen LogP contribution in [-0.4, -0.2) is 23.6 Å². The predicted molar refractivity (Wildman–Crippen MR) is 78.9 cm³/mol. The van der Waals surface area contributed by atoms with Gasteiger partial charge < -0.3 is 15.2 Å². The molecule has 2 N–H and O–H groups in total. The average molecular weight is 265 g/mol. The number of hydrogen-bond donors (Lipinski definition) is 2. The standard InChI is InChI=1S/C15H27N3O/c1-4-8-18-9-6-14(12-18)11-16-7-5-15(19)17-10-13(2)3/h6,9,12-13,16H,4-5,7-8,10-11H2,1-3H3,(H,17,19). The zero-order chi connectivity index (χ0) is 14.1. The van der Waals surface area contributed by atoms with E-state index < -0.39 is 0 Å². The molecule has 0 fully saturated rings. The normalized spacial score (nSPS) is 10.9. The van der Waals surface area contributed by atoms with Crippen molar-refractivity contribution in [3.05, 3.63) is 24.0 Å². The highest BCUT2D eigenvalue weighted by Crippen LogP contribution is 2.01. The van der Waals surface area contributed by atoms with Crippen LogP contribution < -0.4 is 10.6 Å². The number of nitrogens with one attached hydrogen (secondary N) is 2. The second-order valence-corrected chi connectivity index (χ2v) is 5.38. The average Bonchev–Trinajstić information content (AvgIpc) is 2.80. The Labute approximate surface area is 116 Å². The highest BCUT2D eigenvalue weighted by molar-refractivity contribution is 5.76. The van der Waals surface area contributed by atoms with Crippen LogP contribution in [0.5, 0.6) is 0 Å². The molecule has 0 spiro atoms. The van der Waals surface area contributed by atoms with Crippen molar-refractivity contribution in [3.63, 3.8) is 0 Å². The van der Waals surface area contributed by atoms with Gasteiger partial charge in [0.1, 0.15) is 0 Å². The summed E-state index contributed by atoms with van der Waals surface area (Å²) in [4.78, 5) is 11.5. The highest BCUT2D eigenvalue weighted by atomic mass is 16.1. The minimum absolute atomic E-state index is 0.129. The Bertz CT molecular complexity index is 371. The van der Waals surface area contributed by atoms with E-state index in [4.69, 9.17) is 0 Å². The van der Waals surface area contributed by atoms with E-state index in [-0.39, 0.29) is 5.91 Å². The fourth-order valence-corrected chi connectivity index (χ4v) is 1.83. The molecule has 1 rings (SSSR count). The van der Waals surface area contributed by atoms with E-state index in [1.807, 2.05) is 0 Å². The molecule has 0 aliphatic heterocycles. The topological polar surface area (TPSA) is 46.1 Å². The van der Waals surface area contributed by atoms with Crippen LogP contribution in [0.1, 0.15) is 39.2 Å². The van der Waals surface area contributed by atoms with Crippen LogP contribution in [0.25, 0.3) is 0 Å². The Balaban J connectivity index is 2.11. The Kier molecular flexibility index (Phi) is 7.26. The molecule has 0 unspecified atom stereocenters. The van der Waals surface area contributed by atoms with Crippen molar-refractivity contribution in [1.82, 2.24) is 15.2 Å². The molecule has 1 amide bonds. The molecule has 1 aromatic rings. The smallest absolute Gasteiger partial charge is 0.221 e. The summed E-state index contributed by atoms with van der Waals surface area (Å²) in [5.41, 5.74) is 1.27. The van der Waals surface area contributed by atoms with Crippen molar-refractivity contribution in [2.24, 2.45) is 5.92 Å². The molecule has 0 aliphatic carbocycles. The largest absolute Gasteiger partial charge is 0.356 e. The van der Waals surface area contributed by atoms with E-state index in [0.29, 0.717) is 12.3 Å². The summed E-state index contributed by atoms with van der Waals surface area (Å²) in [6, 6.07) is 2.13. The maximum Gasteiger partial charge on any atom is 0.221 e. The second kappa shape index (κ2) is 8.75. The van der Waals surface area contributed by atoms with Gasteiger partial charge in [0.25, 0.3) is 0 Å². The second-order valence-electron chi connectivity index (χ2n) is 5.38. The lowest BCUT2D eigenvalue weighted by molar-refractivity contribution is -0.121. The first-order valence-corrected chi connectivity index (χ1v) is 7.24. The fraction of sp³-hybridized carbons (Fsp3) is 0.667. The molecule has 0 aromatic carbocycles. The van der Waals surface area contributed by atoms with Crippen molar-refractivity contribution in [2.75, 3.05) is 13.1 Å². The lowest BCUT2D eigenvalue weighted by Crippen LogP contribution is -2.30. The number of rotatable bonds is 9. The molecular formula is C15H27N3O. The zero-order valence-corrected chi connectivity index (χ0v) is 12.4. The molecular weight excluding hydrogens is 238 g/mol. The first kappa shape index (κ1) is 15.8. The Morgan fingerprint density at radius 1 is 1.42 bits per heavy atom. The van der Waals surface area contributed by atoms with Gasteiger partial charge in [-0.2, -0.15) is 0 Å². The molecule has 1 aromatic heterocycles. The first-order valence-electron chi connectivity index (χ1n) is 7.24. The number of aryl methyl sites for hydroxylation is 1. The molecule has 1 heterocycles. The molecule has 19 heavy (non-hydrogen) atoms. The Morgan fingerprint density at radius 2 is 2.21 bits per heavy atom. The number of amides is 1. The van der Waals surface area contributed by atoms with Gasteiger partial charge in [0.05, 0.1) is 0 Å². The van der Waals surface area contributed by atoms with Crippen LogP contribution in [0.2, 0.25) is 0 Å². The maximum absolute atomic E-state index is 11.5.